The molecule has 0 atom stereocenters. The molecule has 0 saturated heterocycles. The molecular weight excluding hydrogens is 288 g/mol. The van der Waals surface area contributed by atoms with Gasteiger partial charge in [-0.05, 0) is 23.8 Å². The minimum Gasteiger partial charge on any atom is -0.325 e. The fraction of sp³-hybridized carbons (Fsp3) is 0.125. The van der Waals surface area contributed by atoms with Crippen LogP contribution in [-0.2, 0) is 11.3 Å². The lowest BCUT2D eigenvalue weighted by Crippen LogP contribution is -2.35. The maximum atomic E-state index is 12.6. The molecule has 0 bridgehead atoms. The molecule has 0 saturated carbocycles. The van der Waals surface area contributed by atoms with Gasteiger partial charge >= 0.3 is 0 Å². The van der Waals surface area contributed by atoms with E-state index in [1.165, 1.54) is 4.90 Å². The molecule has 21 heavy (non-hydrogen) atoms. The molecule has 2 aromatic rings. The zero-order chi connectivity index (χ0) is 14.8. The summed E-state index contributed by atoms with van der Waals surface area (Å²) >= 11 is 6.07. The molecule has 0 unspecified atom stereocenters. The molecular formula is C16H13ClN2O2. The van der Waals surface area contributed by atoms with Crippen molar-refractivity contribution < 1.29 is 9.59 Å². The molecule has 2 amide bonds. The summed E-state index contributed by atoms with van der Waals surface area (Å²) in [5.74, 6) is -0.451. The molecule has 0 spiro atoms. The molecule has 4 nitrogen and oxygen atoms in total. The lowest BCUT2D eigenvalue weighted by molar-refractivity contribution is -0.116. The first kappa shape index (κ1) is 13.6. The number of carbonyl (C=O) groups excluding carboxylic acids is 2. The van der Waals surface area contributed by atoms with Gasteiger partial charge in [0.25, 0.3) is 5.91 Å². The lowest BCUT2D eigenvalue weighted by Gasteiger charge is -2.20. The summed E-state index contributed by atoms with van der Waals surface area (Å²) in [7, 11) is 0. The Morgan fingerprint density at radius 3 is 2.57 bits per heavy atom. The Morgan fingerprint density at radius 1 is 1.05 bits per heavy atom. The van der Waals surface area contributed by atoms with Gasteiger partial charge in [-0.1, -0.05) is 41.9 Å². The number of hydrogen-bond donors (Lipinski definition) is 1. The average molecular weight is 301 g/mol. The fourth-order valence-electron chi connectivity index (χ4n) is 2.35. The third kappa shape index (κ3) is 2.76. The number of benzene rings is 2. The number of carbonyl (C=O) groups is 2. The van der Waals surface area contributed by atoms with E-state index in [-0.39, 0.29) is 18.4 Å². The molecule has 5 heteroatoms. The first-order chi connectivity index (χ1) is 10.1. The van der Waals surface area contributed by atoms with Crippen LogP contribution >= 0.6 is 11.6 Å². The molecule has 1 aliphatic heterocycles. The number of nitrogens with one attached hydrogen (secondary N) is 1. The van der Waals surface area contributed by atoms with Crippen LogP contribution in [0.25, 0.3) is 0 Å². The summed E-state index contributed by atoms with van der Waals surface area (Å²) in [4.78, 5) is 26.0. The zero-order valence-electron chi connectivity index (χ0n) is 11.2. The van der Waals surface area contributed by atoms with Crippen molar-refractivity contribution in [2.24, 2.45) is 0 Å². The highest BCUT2D eigenvalue weighted by atomic mass is 35.5. The molecule has 0 aliphatic carbocycles. The molecule has 0 aromatic heterocycles. The Labute approximate surface area is 127 Å². The van der Waals surface area contributed by atoms with E-state index in [9.17, 15) is 9.59 Å². The number of para-hydroxylation sites is 1. The Bertz CT molecular complexity index is 715. The summed E-state index contributed by atoms with van der Waals surface area (Å²) in [5, 5.41) is 3.20. The number of amides is 2. The van der Waals surface area contributed by atoms with Crippen LogP contribution in [0.4, 0.5) is 5.69 Å². The van der Waals surface area contributed by atoms with Crippen LogP contribution in [0.2, 0.25) is 5.02 Å². The minimum atomic E-state index is -0.243. The lowest BCUT2D eigenvalue weighted by atomic mass is 10.1. The highest BCUT2D eigenvalue weighted by Crippen LogP contribution is 2.23. The Hall–Kier alpha value is -2.33. The SMILES string of the molecule is O=C1CN(C(=O)c2ccccc2Cl)Cc2ccccc2N1. The van der Waals surface area contributed by atoms with E-state index in [0.29, 0.717) is 17.1 Å². The number of rotatable bonds is 1. The van der Waals surface area contributed by atoms with Crippen molar-refractivity contribution in [3.63, 3.8) is 0 Å². The molecule has 2 aromatic carbocycles. The predicted octanol–water partition coefficient (Wildman–Crippen LogP) is 2.93. The van der Waals surface area contributed by atoms with Crippen molar-refractivity contribution in [3.8, 4) is 0 Å². The van der Waals surface area contributed by atoms with Gasteiger partial charge in [-0.2, -0.15) is 0 Å². The van der Waals surface area contributed by atoms with E-state index in [4.69, 9.17) is 11.6 Å². The van der Waals surface area contributed by atoms with E-state index >= 15 is 0 Å². The molecule has 3 rings (SSSR count). The molecule has 0 radical (unpaired) electrons. The minimum absolute atomic E-state index is 0.0126. The standard InChI is InChI=1S/C16H13ClN2O2/c17-13-7-3-2-6-12(13)16(21)19-9-11-5-1-4-8-14(11)18-15(20)10-19/h1-8H,9-10H2,(H,18,20). The smallest absolute Gasteiger partial charge is 0.256 e. The summed E-state index contributed by atoms with van der Waals surface area (Å²) < 4.78 is 0. The van der Waals surface area contributed by atoms with E-state index < -0.39 is 0 Å². The second-order valence-electron chi connectivity index (χ2n) is 4.85. The Balaban J connectivity index is 1.94. The third-order valence-corrected chi connectivity index (χ3v) is 3.71. The van der Waals surface area contributed by atoms with Gasteiger partial charge in [-0.25, -0.2) is 0 Å². The maximum Gasteiger partial charge on any atom is 0.256 e. The van der Waals surface area contributed by atoms with E-state index in [2.05, 4.69) is 5.32 Å². The van der Waals surface area contributed by atoms with Gasteiger partial charge in [0.05, 0.1) is 10.6 Å². The van der Waals surface area contributed by atoms with Crippen molar-refractivity contribution in [1.82, 2.24) is 4.90 Å². The van der Waals surface area contributed by atoms with Crippen LogP contribution in [0.5, 0.6) is 0 Å². The van der Waals surface area contributed by atoms with Crippen molar-refractivity contribution in [1.29, 1.82) is 0 Å². The Morgan fingerprint density at radius 2 is 1.76 bits per heavy atom. The highest BCUT2D eigenvalue weighted by molar-refractivity contribution is 6.33. The van der Waals surface area contributed by atoms with Crippen LogP contribution < -0.4 is 5.32 Å². The highest BCUT2D eigenvalue weighted by Gasteiger charge is 2.24. The molecule has 1 heterocycles. The monoisotopic (exact) mass is 300 g/mol. The summed E-state index contributed by atoms with van der Waals surface area (Å²) in [5.41, 5.74) is 2.06. The largest absolute Gasteiger partial charge is 0.325 e. The molecule has 1 aliphatic rings. The van der Waals surface area contributed by atoms with Crippen LogP contribution in [0.3, 0.4) is 0 Å². The first-order valence-corrected chi connectivity index (χ1v) is 6.94. The number of hydrogen-bond acceptors (Lipinski definition) is 2. The van der Waals surface area contributed by atoms with Crippen molar-refractivity contribution in [2.45, 2.75) is 6.54 Å². The second kappa shape index (κ2) is 5.58. The van der Waals surface area contributed by atoms with Gasteiger partial charge in [0.1, 0.15) is 6.54 Å². The fourth-order valence-corrected chi connectivity index (χ4v) is 2.57. The first-order valence-electron chi connectivity index (χ1n) is 6.57. The quantitative estimate of drug-likeness (QED) is 0.880. The molecule has 1 N–H and O–H groups in total. The molecule has 0 fully saturated rings. The van der Waals surface area contributed by atoms with Crippen LogP contribution in [0, 0.1) is 0 Å². The van der Waals surface area contributed by atoms with Gasteiger partial charge in [-0.3, -0.25) is 9.59 Å². The average Bonchev–Trinajstić information content (AvgIpc) is 2.65. The van der Waals surface area contributed by atoms with E-state index in [1.54, 1.807) is 24.3 Å². The summed E-state index contributed by atoms with van der Waals surface area (Å²) in [6, 6.07) is 14.3. The predicted molar refractivity (Wildman–Crippen MR) is 81.3 cm³/mol. The van der Waals surface area contributed by atoms with Gasteiger partial charge < -0.3 is 10.2 Å². The number of fused-ring (bicyclic) bond motifs is 1. The Kier molecular flexibility index (Phi) is 3.62. The van der Waals surface area contributed by atoms with Crippen molar-refractivity contribution >= 4 is 29.1 Å². The summed E-state index contributed by atoms with van der Waals surface area (Å²) in [6.45, 7) is 0.387. The van der Waals surface area contributed by atoms with Crippen LogP contribution in [0.15, 0.2) is 48.5 Å². The summed E-state index contributed by atoms with van der Waals surface area (Å²) in [6.07, 6.45) is 0. The molecule has 106 valence electrons. The number of anilines is 1. The van der Waals surface area contributed by atoms with Gasteiger partial charge in [0.2, 0.25) is 5.91 Å². The second-order valence-corrected chi connectivity index (χ2v) is 5.25. The van der Waals surface area contributed by atoms with E-state index in [1.807, 2.05) is 24.3 Å². The van der Waals surface area contributed by atoms with Crippen molar-refractivity contribution in [2.75, 3.05) is 11.9 Å². The van der Waals surface area contributed by atoms with Gasteiger partial charge in [-0.15, -0.1) is 0 Å². The van der Waals surface area contributed by atoms with E-state index in [0.717, 1.165) is 11.3 Å². The van der Waals surface area contributed by atoms with Crippen molar-refractivity contribution in [3.05, 3.63) is 64.7 Å². The third-order valence-electron chi connectivity index (χ3n) is 3.38. The van der Waals surface area contributed by atoms with Gasteiger partial charge in [0.15, 0.2) is 0 Å². The topological polar surface area (TPSA) is 49.4 Å². The normalized spacial score (nSPS) is 14.1. The number of nitrogens with zero attached hydrogens (tertiary/aromatic N) is 1. The van der Waals surface area contributed by atoms with Gasteiger partial charge in [0, 0.05) is 12.2 Å². The zero-order valence-corrected chi connectivity index (χ0v) is 11.9. The van der Waals surface area contributed by atoms with Crippen LogP contribution in [0.1, 0.15) is 15.9 Å². The number of halogens is 1. The maximum absolute atomic E-state index is 12.6. The van der Waals surface area contributed by atoms with Crippen LogP contribution in [-0.4, -0.2) is 23.3 Å².